The van der Waals surface area contributed by atoms with Crippen molar-refractivity contribution in [2.45, 2.75) is 44.8 Å². The molecule has 152 valence electrons. The number of fused-ring (bicyclic) bond motifs is 1. The molecule has 0 unspecified atom stereocenters. The standard InChI is InChI=1S/C22H26N4O2S/c1-3-4-7-13-26-20-12-6-5-11-19(20)25-22(26)29-15-21(28)24-18-10-8-9-17(14-18)23-16(2)27/h5-6,8-12,14H,3-4,7,13,15H2,1-2H3,(H,23,27)(H,24,28). The number of benzene rings is 2. The number of aryl methyl sites for hydroxylation is 1. The molecule has 1 heterocycles. The molecule has 3 rings (SSSR count). The number of thioether (sulfide) groups is 1. The van der Waals surface area contributed by atoms with Crippen molar-refractivity contribution in [1.29, 1.82) is 0 Å². The van der Waals surface area contributed by atoms with E-state index in [-0.39, 0.29) is 17.6 Å². The molecule has 0 aliphatic heterocycles. The van der Waals surface area contributed by atoms with Gasteiger partial charge in [0.25, 0.3) is 0 Å². The summed E-state index contributed by atoms with van der Waals surface area (Å²) < 4.78 is 2.21. The Hall–Kier alpha value is -2.80. The van der Waals surface area contributed by atoms with Crippen molar-refractivity contribution in [3.63, 3.8) is 0 Å². The quantitative estimate of drug-likeness (QED) is 0.388. The topological polar surface area (TPSA) is 76.0 Å². The maximum atomic E-state index is 12.4. The lowest BCUT2D eigenvalue weighted by atomic mass is 10.2. The van der Waals surface area contributed by atoms with Gasteiger partial charge in [-0.3, -0.25) is 9.59 Å². The summed E-state index contributed by atoms with van der Waals surface area (Å²) in [4.78, 5) is 28.4. The maximum Gasteiger partial charge on any atom is 0.234 e. The third-order valence-electron chi connectivity index (χ3n) is 4.40. The first kappa shape index (κ1) is 20.9. The molecule has 2 N–H and O–H groups in total. The summed E-state index contributed by atoms with van der Waals surface area (Å²) in [7, 11) is 0. The monoisotopic (exact) mass is 410 g/mol. The second-order valence-electron chi connectivity index (χ2n) is 6.84. The minimum absolute atomic E-state index is 0.109. The van der Waals surface area contributed by atoms with Crippen molar-refractivity contribution >= 4 is 46.0 Å². The SMILES string of the molecule is CCCCCn1c(SCC(=O)Nc2cccc(NC(C)=O)c2)nc2ccccc21. The predicted molar refractivity (Wildman–Crippen MR) is 119 cm³/mol. The molecule has 0 atom stereocenters. The lowest BCUT2D eigenvalue weighted by Crippen LogP contribution is -2.15. The molecular formula is C22H26N4O2S. The number of carbonyl (C=O) groups is 2. The molecule has 0 aliphatic rings. The van der Waals surface area contributed by atoms with Crippen LogP contribution in [0.3, 0.4) is 0 Å². The first-order valence-electron chi connectivity index (χ1n) is 9.82. The van der Waals surface area contributed by atoms with Gasteiger partial charge in [0.05, 0.1) is 16.8 Å². The highest BCUT2D eigenvalue weighted by atomic mass is 32.2. The number of hydrogen-bond acceptors (Lipinski definition) is 4. The summed E-state index contributed by atoms with van der Waals surface area (Å²) in [6.45, 7) is 4.54. The van der Waals surface area contributed by atoms with Crippen LogP contribution in [0.5, 0.6) is 0 Å². The van der Waals surface area contributed by atoms with Crippen LogP contribution in [0, 0.1) is 0 Å². The lowest BCUT2D eigenvalue weighted by Gasteiger charge is -2.10. The van der Waals surface area contributed by atoms with E-state index in [2.05, 4.69) is 28.2 Å². The van der Waals surface area contributed by atoms with Crippen molar-refractivity contribution in [1.82, 2.24) is 9.55 Å². The number of rotatable bonds is 9. The molecule has 1 aromatic heterocycles. The highest BCUT2D eigenvalue weighted by Crippen LogP contribution is 2.25. The second kappa shape index (κ2) is 10.1. The number of amides is 2. The number of nitrogens with zero attached hydrogens (tertiary/aromatic N) is 2. The van der Waals surface area contributed by atoms with Crippen molar-refractivity contribution < 1.29 is 9.59 Å². The Morgan fingerprint density at radius 1 is 1.03 bits per heavy atom. The van der Waals surface area contributed by atoms with Gasteiger partial charge in [-0.05, 0) is 36.8 Å². The molecule has 0 fully saturated rings. The number of unbranched alkanes of at least 4 members (excludes halogenated alkanes) is 2. The maximum absolute atomic E-state index is 12.4. The Labute approximate surface area is 175 Å². The zero-order chi connectivity index (χ0) is 20.6. The zero-order valence-corrected chi connectivity index (χ0v) is 17.6. The van der Waals surface area contributed by atoms with Gasteiger partial charge in [-0.2, -0.15) is 0 Å². The Bertz CT molecular complexity index is 999. The lowest BCUT2D eigenvalue weighted by molar-refractivity contribution is -0.114. The molecule has 3 aromatic rings. The van der Waals surface area contributed by atoms with E-state index in [1.54, 1.807) is 24.3 Å². The number of imidazole rings is 1. The Morgan fingerprint density at radius 2 is 1.79 bits per heavy atom. The van der Waals surface area contributed by atoms with Gasteiger partial charge in [0.2, 0.25) is 11.8 Å². The van der Waals surface area contributed by atoms with E-state index in [1.807, 2.05) is 18.2 Å². The van der Waals surface area contributed by atoms with Crippen molar-refractivity contribution in [2.24, 2.45) is 0 Å². The smallest absolute Gasteiger partial charge is 0.234 e. The molecule has 7 heteroatoms. The summed E-state index contributed by atoms with van der Waals surface area (Å²) in [6, 6.07) is 15.2. The molecule has 0 bridgehead atoms. The van der Waals surface area contributed by atoms with E-state index in [4.69, 9.17) is 4.98 Å². The summed E-state index contributed by atoms with van der Waals surface area (Å²) >= 11 is 1.44. The van der Waals surface area contributed by atoms with E-state index in [9.17, 15) is 9.59 Å². The number of nitrogens with one attached hydrogen (secondary N) is 2. The average Bonchev–Trinajstić information content (AvgIpc) is 3.04. The summed E-state index contributed by atoms with van der Waals surface area (Å²) in [5, 5.41) is 6.46. The Balaban J connectivity index is 1.66. The fraction of sp³-hybridized carbons (Fsp3) is 0.318. The highest BCUT2D eigenvalue weighted by Gasteiger charge is 2.13. The first-order chi connectivity index (χ1) is 14.1. The van der Waals surface area contributed by atoms with Crippen LogP contribution in [0.15, 0.2) is 53.7 Å². The van der Waals surface area contributed by atoms with Gasteiger partial charge >= 0.3 is 0 Å². The molecule has 2 amide bonds. The van der Waals surface area contributed by atoms with Crippen molar-refractivity contribution in [3.8, 4) is 0 Å². The van der Waals surface area contributed by atoms with Gasteiger partial charge < -0.3 is 15.2 Å². The molecule has 0 saturated carbocycles. The first-order valence-corrected chi connectivity index (χ1v) is 10.8. The van der Waals surface area contributed by atoms with Gasteiger partial charge in [0.1, 0.15) is 0 Å². The van der Waals surface area contributed by atoms with Crippen LogP contribution in [-0.4, -0.2) is 27.1 Å². The van der Waals surface area contributed by atoms with Gasteiger partial charge in [0, 0.05) is 24.8 Å². The predicted octanol–water partition coefficient (Wildman–Crippen LogP) is 4.92. The number of carbonyl (C=O) groups excluding carboxylic acids is 2. The summed E-state index contributed by atoms with van der Waals surface area (Å²) in [5.74, 6) is 0.00900. The van der Waals surface area contributed by atoms with E-state index in [1.165, 1.54) is 25.1 Å². The molecule has 29 heavy (non-hydrogen) atoms. The molecule has 0 spiro atoms. The van der Waals surface area contributed by atoms with Crippen LogP contribution in [0.2, 0.25) is 0 Å². The summed E-state index contributed by atoms with van der Waals surface area (Å²) in [5.41, 5.74) is 3.36. The molecule has 6 nitrogen and oxygen atoms in total. The van der Waals surface area contributed by atoms with Gasteiger partial charge in [-0.1, -0.05) is 49.7 Å². The number of anilines is 2. The number of para-hydroxylation sites is 2. The number of aromatic nitrogens is 2. The van der Waals surface area contributed by atoms with Crippen molar-refractivity contribution in [3.05, 3.63) is 48.5 Å². The third kappa shape index (κ3) is 5.84. The number of hydrogen-bond donors (Lipinski definition) is 2. The van der Waals surface area contributed by atoms with Gasteiger partial charge in [-0.15, -0.1) is 0 Å². The third-order valence-corrected chi connectivity index (χ3v) is 5.38. The molecular weight excluding hydrogens is 384 g/mol. The fourth-order valence-corrected chi connectivity index (χ4v) is 3.95. The Morgan fingerprint density at radius 3 is 2.55 bits per heavy atom. The summed E-state index contributed by atoms with van der Waals surface area (Å²) in [6.07, 6.45) is 3.42. The zero-order valence-electron chi connectivity index (χ0n) is 16.8. The minimum Gasteiger partial charge on any atom is -0.326 e. The van der Waals surface area contributed by atoms with E-state index in [0.717, 1.165) is 35.6 Å². The minimum atomic E-state index is -0.147. The normalized spacial score (nSPS) is 10.8. The van der Waals surface area contributed by atoms with Gasteiger partial charge in [-0.25, -0.2) is 4.98 Å². The van der Waals surface area contributed by atoms with Crippen molar-refractivity contribution in [2.75, 3.05) is 16.4 Å². The molecule has 0 radical (unpaired) electrons. The molecule has 2 aromatic carbocycles. The average molecular weight is 411 g/mol. The van der Waals surface area contributed by atoms with E-state index < -0.39 is 0 Å². The van der Waals surface area contributed by atoms with Crippen LogP contribution in [0.4, 0.5) is 11.4 Å². The van der Waals surface area contributed by atoms with Gasteiger partial charge in [0.15, 0.2) is 5.16 Å². The van der Waals surface area contributed by atoms with Crippen LogP contribution in [-0.2, 0) is 16.1 Å². The molecule has 0 aliphatic carbocycles. The second-order valence-corrected chi connectivity index (χ2v) is 7.78. The molecule has 0 saturated heterocycles. The van der Waals surface area contributed by atoms with E-state index >= 15 is 0 Å². The van der Waals surface area contributed by atoms with E-state index in [0.29, 0.717) is 11.4 Å². The van der Waals surface area contributed by atoms with Crippen LogP contribution in [0.1, 0.15) is 33.1 Å². The van der Waals surface area contributed by atoms with Crippen LogP contribution >= 0.6 is 11.8 Å². The Kier molecular flexibility index (Phi) is 7.30. The van der Waals surface area contributed by atoms with Crippen LogP contribution in [0.25, 0.3) is 11.0 Å². The highest BCUT2D eigenvalue weighted by molar-refractivity contribution is 7.99. The fourth-order valence-electron chi connectivity index (χ4n) is 3.10. The largest absolute Gasteiger partial charge is 0.326 e. The van der Waals surface area contributed by atoms with Crippen LogP contribution < -0.4 is 10.6 Å².